The van der Waals surface area contributed by atoms with Gasteiger partial charge in [-0.1, -0.05) is 11.2 Å². The van der Waals surface area contributed by atoms with Crippen molar-refractivity contribution >= 4 is 0 Å². The second-order valence-corrected chi connectivity index (χ2v) is 3.50. The van der Waals surface area contributed by atoms with Gasteiger partial charge in [-0.3, -0.25) is 0 Å². The van der Waals surface area contributed by atoms with Crippen molar-refractivity contribution in [1.29, 1.82) is 0 Å². The average Bonchev–Trinajstić information content (AvgIpc) is 2.79. The van der Waals surface area contributed by atoms with E-state index in [4.69, 9.17) is 4.52 Å². The van der Waals surface area contributed by atoms with Crippen LogP contribution in [0.1, 0.15) is 11.5 Å². The van der Waals surface area contributed by atoms with Crippen LogP contribution in [0.4, 0.5) is 8.78 Å². The molecule has 0 radical (unpaired) electrons. The maximum Gasteiger partial charge on any atom is 0.227 e. The molecule has 0 atom stereocenters. The summed E-state index contributed by atoms with van der Waals surface area (Å²) in [6.07, 6.45) is 1.90. The summed E-state index contributed by atoms with van der Waals surface area (Å²) in [5.74, 6) is -0.593. The van der Waals surface area contributed by atoms with Crippen molar-refractivity contribution in [2.45, 2.75) is 13.0 Å². The number of hydrogen-bond acceptors (Lipinski definition) is 4. The second kappa shape index (κ2) is 5.49. The van der Waals surface area contributed by atoms with E-state index < -0.39 is 11.6 Å². The second-order valence-electron chi connectivity index (χ2n) is 3.50. The van der Waals surface area contributed by atoms with Crippen LogP contribution in [0.15, 0.2) is 29.0 Å². The summed E-state index contributed by atoms with van der Waals surface area (Å²) in [5, 5.41) is 6.48. The van der Waals surface area contributed by atoms with Gasteiger partial charge in [0, 0.05) is 31.1 Å². The predicted octanol–water partition coefficient (Wildman–Crippen LogP) is 1.68. The number of rotatable bonds is 5. The molecule has 1 aromatic carbocycles. The van der Waals surface area contributed by atoms with E-state index in [-0.39, 0.29) is 0 Å². The molecule has 0 fully saturated rings. The fourth-order valence-electron chi connectivity index (χ4n) is 1.39. The van der Waals surface area contributed by atoms with Crippen LogP contribution in [0.5, 0.6) is 0 Å². The Labute approximate surface area is 96.6 Å². The Morgan fingerprint density at radius 1 is 1.29 bits per heavy atom. The normalized spacial score (nSPS) is 10.7. The standard InChI is InChI=1S/C11H11F2N3O/c12-9-2-1-8(10(13)5-9)6-14-4-3-11-15-7-16-17-11/h1-2,5,7,14H,3-4,6H2. The molecular formula is C11H11F2N3O. The molecule has 0 saturated heterocycles. The summed E-state index contributed by atoms with van der Waals surface area (Å²) in [6.45, 7) is 0.916. The predicted molar refractivity (Wildman–Crippen MR) is 56.1 cm³/mol. The molecule has 0 unspecified atom stereocenters. The molecule has 1 N–H and O–H groups in total. The Morgan fingerprint density at radius 2 is 2.18 bits per heavy atom. The summed E-state index contributed by atoms with van der Waals surface area (Å²) in [7, 11) is 0. The molecule has 1 aromatic heterocycles. The molecule has 17 heavy (non-hydrogen) atoms. The van der Waals surface area contributed by atoms with Gasteiger partial charge in [0.25, 0.3) is 0 Å². The van der Waals surface area contributed by atoms with Gasteiger partial charge in [-0.2, -0.15) is 4.98 Å². The molecule has 0 spiro atoms. The third-order valence-corrected chi connectivity index (χ3v) is 2.25. The number of nitrogens with one attached hydrogen (secondary N) is 1. The topological polar surface area (TPSA) is 51.0 Å². The highest BCUT2D eigenvalue weighted by Crippen LogP contribution is 2.08. The molecule has 0 saturated carbocycles. The first-order valence-corrected chi connectivity index (χ1v) is 5.16. The van der Waals surface area contributed by atoms with E-state index >= 15 is 0 Å². The van der Waals surface area contributed by atoms with Gasteiger partial charge in [0.1, 0.15) is 11.6 Å². The molecule has 1 heterocycles. The highest BCUT2D eigenvalue weighted by molar-refractivity contribution is 5.18. The molecule has 0 bridgehead atoms. The van der Waals surface area contributed by atoms with Crippen LogP contribution < -0.4 is 5.32 Å². The first kappa shape index (κ1) is 11.7. The lowest BCUT2D eigenvalue weighted by Gasteiger charge is -2.04. The van der Waals surface area contributed by atoms with Crippen LogP contribution in [0, 0.1) is 11.6 Å². The average molecular weight is 239 g/mol. The van der Waals surface area contributed by atoms with Gasteiger partial charge in [-0.25, -0.2) is 8.78 Å². The fraction of sp³-hybridized carbons (Fsp3) is 0.273. The van der Waals surface area contributed by atoms with Crippen molar-refractivity contribution in [2.75, 3.05) is 6.54 Å². The van der Waals surface area contributed by atoms with Crippen LogP contribution >= 0.6 is 0 Å². The maximum atomic E-state index is 13.2. The third-order valence-electron chi connectivity index (χ3n) is 2.25. The van der Waals surface area contributed by atoms with Gasteiger partial charge < -0.3 is 9.84 Å². The van der Waals surface area contributed by atoms with E-state index in [1.165, 1.54) is 18.5 Å². The molecule has 6 heteroatoms. The van der Waals surface area contributed by atoms with Gasteiger partial charge >= 0.3 is 0 Å². The smallest absolute Gasteiger partial charge is 0.227 e. The minimum atomic E-state index is -0.572. The van der Waals surface area contributed by atoms with E-state index in [9.17, 15) is 8.78 Å². The third kappa shape index (κ3) is 3.32. The Morgan fingerprint density at radius 3 is 2.88 bits per heavy atom. The van der Waals surface area contributed by atoms with E-state index in [0.29, 0.717) is 31.0 Å². The van der Waals surface area contributed by atoms with E-state index in [2.05, 4.69) is 15.5 Å². The van der Waals surface area contributed by atoms with E-state index in [1.807, 2.05) is 0 Å². The number of aromatic nitrogens is 2. The van der Waals surface area contributed by atoms with Gasteiger partial charge in [-0.15, -0.1) is 0 Å². The van der Waals surface area contributed by atoms with Crippen molar-refractivity contribution in [3.8, 4) is 0 Å². The molecular weight excluding hydrogens is 228 g/mol. The summed E-state index contributed by atoms with van der Waals surface area (Å²) in [4.78, 5) is 3.85. The molecule has 4 nitrogen and oxygen atoms in total. The first-order valence-electron chi connectivity index (χ1n) is 5.16. The van der Waals surface area contributed by atoms with Crippen molar-refractivity contribution < 1.29 is 13.3 Å². The highest BCUT2D eigenvalue weighted by atomic mass is 19.1. The minimum Gasteiger partial charge on any atom is -0.340 e. The van der Waals surface area contributed by atoms with Crippen LogP contribution in [0.25, 0.3) is 0 Å². The van der Waals surface area contributed by atoms with Crippen molar-refractivity contribution in [2.24, 2.45) is 0 Å². The first-order chi connectivity index (χ1) is 8.25. The number of hydrogen-bond donors (Lipinski definition) is 1. The monoisotopic (exact) mass is 239 g/mol. The summed E-state index contributed by atoms with van der Waals surface area (Å²) < 4.78 is 30.7. The summed E-state index contributed by atoms with van der Waals surface area (Å²) >= 11 is 0. The van der Waals surface area contributed by atoms with E-state index in [0.717, 1.165) is 6.07 Å². The Balaban J connectivity index is 1.78. The Hall–Kier alpha value is -1.82. The van der Waals surface area contributed by atoms with Crippen molar-refractivity contribution in [3.05, 3.63) is 47.6 Å². The number of halogens is 2. The SMILES string of the molecule is Fc1ccc(CNCCc2ncno2)c(F)c1. The van der Waals surface area contributed by atoms with Crippen molar-refractivity contribution in [1.82, 2.24) is 15.5 Å². The molecule has 0 aliphatic carbocycles. The lowest BCUT2D eigenvalue weighted by Crippen LogP contribution is -2.17. The summed E-state index contributed by atoms with van der Waals surface area (Å²) in [5.41, 5.74) is 0.428. The fourth-order valence-corrected chi connectivity index (χ4v) is 1.39. The largest absolute Gasteiger partial charge is 0.340 e. The Kier molecular flexibility index (Phi) is 3.77. The number of benzene rings is 1. The van der Waals surface area contributed by atoms with Gasteiger partial charge in [0.05, 0.1) is 0 Å². The minimum absolute atomic E-state index is 0.334. The molecule has 0 aliphatic rings. The van der Waals surface area contributed by atoms with Crippen LogP contribution in [0.2, 0.25) is 0 Å². The quantitative estimate of drug-likeness (QED) is 0.806. The lowest BCUT2D eigenvalue weighted by molar-refractivity contribution is 0.374. The van der Waals surface area contributed by atoms with Crippen molar-refractivity contribution in [3.63, 3.8) is 0 Å². The summed E-state index contributed by atoms with van der Waals surface area (Å²) in [6, 6.07) is 3.53. The maximum absolute atomic E-state index is 13.2. The Bertz CT molecular complexity index is 474. The van der Waals surface area contributed by atoms with Crippen LogP contribution in [-0.2, 0) is 13.0 Å². The zero-order valence-corrected chi connectivity index (χ0v) is 8.99. The van der Waals surface area contributed by atoms with Crippen LogP contribution in [-0.4, -0.2) is 16.7 Å². The molecule has 0 aliphatic heterocycles. The molecule has 90 valence electrons. The zero-order chi connectivity index (χ0) is 12.1. The van der Waals surface area contributed by atoms with E-state index in [1.54, 1.807) is 0 Å². The van der Waals surface area contributed by atoms with Crippen LogP contribution in [0.3, 0.4) is 0 Å². The molecule has 2 aromatic rings. The highest BCUT2D eigenvalue weighted by Gasteiger charge is 2.03. The van der Waals surface area contributed by atoms with Gasteiger partial charge in [0.2, 0.25) is 5.89 Å². The number of nitrogens with zero attached hydrogens (tertiary/aromatic N) is 2. The zero-order valence-electron chi connectivity index (χ0n) is 8.99. The van der Waals surface area contributed by atoms with Gasteiger partial charge in [0.15, 0.2) is 6.33 Å². The molecule has 2 rings (SSSR count). The molecule has 0 amide bonds. The lowest BCUT2D eigenvalue weighted by atomic mass is 10.2. The van der Waals surface area contributed by atoms with Gasteiger partial charge in [-0.05, 0) is 6.07 Å².